The molecule has 1 rings (SSSR count). The van der Waals surface area contributed by atoms with E-state index in [0.29, 0.717) is 0 Å². The molecule has 0 amide bonds. The van der Waals surface area contributed by atoms with Crippen LogP contribution >= 0.6 is 0 Å². The van der Waals surface area contributed by atoms with E-state index in [4.69, 9.17) is 8.85 Å². The minimum absolute atomic E-state index is 0.785. The molecule has 1 fully saturated rings. The molecule has 120 valence electrons. The van der Waals surface area contributed by atoms with Gasteiger partial charge in [0.15, 0.2) is 0 Å². The Balaban J connectivity index is 2.42. The van der Waals surface area contributed by atoms with Gasteiger partial charge >= 0.3 is 8.56 Å². The fraction of sp³-hybridized carbons (Fsp3) is 1.00. The highest BCUT2D eigenvalue weighted by Gasteiger charge is 2.35. The van der Waals surface area contributed by atoms with Gasteiger partial charge in [0.05, 0.1) is 0 Å². The number of nitrogens with zero attached hydrogens (tertiary/aromatic N) is 1. The maximum atomic E-state index is 5.94. The molecule has 0 spiro atoms. The van der Waals surface area contributed by atoms with Crippen LogP contribution in [0.5, 0.6) is 0 Å². The van der Waals surface area contributed by atoms with E-state index in [1.807, 2.05) is 0 Å². The first-order valence-corrected chi connectivity index (χ1v) is 14.3. The summed E-state index contributed by atoms with van der Waals surface area (Å²) in [6.07, 6.45) is 5.37. The molecule has 0 N–H and O–H groups in total. The topological polar surface area (TPSA) is 21.7 Å². The second-order valence-corrected chi connectivity index (χ2v) is 15.3. The lowest BCUT2D eigenvalue weighted by Gasteiger charge is -2.36. The molecule has 0 aromatic heterocycles. The van der Waals surface area contributed by atoms with Crippen molar-refractivity contribution in [3.63, 3.8) is 0 Å². The van der Waals surface area contributed by atoms with Crippen LogP contribution in [0.15, 0.2) is 0 Å². The normalized spacial score (nSPS) is 21.6. The monoisotopic (exact) mass is 317 g/mol. The molecule has 1 saturated heterocycles. The second kappa shape index (κ2) is 8.08. The molecule has 0 aromatic rings. The van der Waals surface area contributed by atoms with Crippen LogP contribution in [0.3, 0.4) is 0 Å². The summed E-state index contributed by atoms with van der Waals surface area (Å²) in [7, 11) is -3.03. The van der Waals surface area contributed by atoms with Gasteiger partial charge in [-0.3, -0.25) is 0 Å². The van der Waals surface area contributed by atoms with E-state index in [1.54, 1.807) is 0 Å². The molecule has 0 radical (unpaired) electrons. The largest absolute Gasteiger partial charge is 0.395 e. The van der Waals surface area contributed by atoms with E-state index in [-0.39, 0.29) is 0 Å². The summed E-state index contributed by atoms with van der Waals surface area (Å²) in [5.41, 5.74) is 0. The van der Waals surface area contributed by atoms with Gasteiger partial charge in [0.2, 0.25) is 0 Å². The molecule has 3 nitrogen and oxygen atoms in total. The third-order valence-electron chi connectivity index (χ3n) is 4.31. The van der Waals surface area contributed by atoms with Crippen LogP contribution in [-0.4, -0.2) is 47.2 Å². The van der Waals surface area contributed by atoms with Crippen LogP contribution in [-0.2, 0) is 8.85 Å². The minimum Gasteiger partial charge on any atom is -0.395 e. The predicted octanol–water partition coefficient (Wildman–Crippen LogP) is 4.21. The van der Waals surface area contributed by atoms with Crippen molar-refractivity contribution in [3.8, 4) is 0 Å². The standard InChI is InChI=1S/C15H35NO2Si2/c1-7-17-20(6,18-8-2)14-10-12-15-11-9-13-16(15)19(3,4)5/h15H,7-14H2,1-6H3. The van der Waals surface area contributed by atoms with Gasteiger partial charge in [-0.2, -0.15) is 0 Å². The molecule has 5 heteroatoms. The zero-order chi connectivity index (χ0) is 15.2. The third kappa shape index (κ3) is 5.60. The Morgan fingerprint density at radius 2 is 1.65 bits per heavy atom. The molecular formula is C15H35NO2Si2. The van der Waals surface area contributed by atoms with Crippen molar-refractivity contribution >= 4 is 16.8 Å². The van der Waals surface area contributed by atoms with Gasteiger partial charge in [-0.25, -0.2) is 0 Å². The van der Waals surface area contributed by atoms with Crippen molar-refractivity contribution in [2.75, 3.05) is 19.8 Å². The van der Waals surface area contributed by atoms with E-state index in [9.17, 15) is 0 Å². The van der Waals surface area contributed by atoms with E-state index in [1.165, 1.54) is 32.2 Å². The van der Waals surface area contributed by atoms with Crippen LogP contribution < -0.4 is 0 Å². The van der Waals surface area contributed by atoms with Crippen molar-refractivity contribution in [1.29, 1.82) is 0 Å². The van der Waals surface area contributed by atoms with E-state index < -0.39 is 16.8 Å². The van der Waals surface area contributed by atoms with Crippen LogP contribution in [0.25, 0.3) is 0 Å². The lowest BCUT2D eigenvalue weighted by Crippen LogP contribution is -2.48. The molecular weight excluding hydrogens is 282 g/mol. The predicted molar refractivity (Wildman–Crippen MR) is 92.0 cm³/mol. The minimum atomic E-state index is -1.90. The van der Waals surface area contributed by atoms with Crippen molar-refractivity contribution in [2.24, 2.45) is 0 Å². The van der Waals surface area contributed by atoms with Crippen LogP contribution in [0.2, 0.25) is 32.2 Å². The van der Waals surface area contributed by atoms with Gasteiger partial charge in [-0.05, 0) is 58.7 Å². The Bertz CT molecular complexity index is 276. The summed E-state index contributed by atoms with van der Waals surface area (Å²) in [6, 6.07) is 1.97. The van der Waals surface area contributed by atoms with Gasteiger partial charge in [-0.15, -0.1) is 0 Å². The Morgan fingerprint density at radius 3 is 2.15 bits per heavy atom. The molecule has 1 atom stereocenters. The summed E-state index contributed by atoms with van der Waals surface area (Å²) >= 11 is 0. The Kier molecular flexibility index (Phi) is 7.42. The first-order valence-electron chi connectivity index (χ1n) is 8.37. The molecule has 1 unspecified atom stereocenters. The van der Waals surface area contributed by atoms with E-state index >= 15 is 0 Å². The van der Waals surface area contributed by atoms with Crippen LogP contribution in [0.4, 0.5) is 0 Å². The maximum absolute atomic E-state index is 5.94. The number of rotatable bonds is 9. The van der Waals surface area contributed by atoms with Gasteiger partial charge in [0.1, 0.15) is 8.24 Å². The highest BCUT2D eigenvalue weighted by Crippen LogP contribution is 2.29. The molecule has 1 heterocycles. The van der Waals surface area contributed by atoms with Gasteiger partial charge in [0, 0.05) is 19.3 Å². The summed E-state index contributed by atoms with van der Waals surface area (Å²) in [6.45, 7) is 16.7. The summed E-state index contributed by atoms with van der Waals surface area (Å²) < 4.78 is 14.7. The van der Waals surface area contributed by atoms with Crippen molar-refractivity contribution in [2.45, 2.75) is 77.8 Å². The first kappa shape index (κ1) is 18.4. The highest BCUT2D eigenvalue weighted by molar-refractivity contribution is 6.73. The molecule has 1 aliphatic rings. The molecule has 0 aromatic carbocycles. The maximum Gasteiger partial charge on any atom is 0.334 e. The number of hydrogen-bond acceptors (Lipinski definition) is 3. The smallest absolute Gasteiger partial charge is 0.334 e. The average molecular weight is 318 g/mol. The SMILES string of the molecule is CCO[Si](C)(CCCC1CCCN1[Si](C)(C)C)OCC. The Hall–Kier alpha value is 0.314. The quantitative estimate of drug-likeness (QED) is 0.595. The van der Waals surface area contributed by atoms with Crippen LogP contribution in [0.1, 0.15) is 39.5 Å². The van der Waals surface area contributed by atoms with Gasteiger partial charge < -0.3 is 13.4 Å². The zero-order valence-corrected chi connectivity index (χ0v) is 16.5. The number of hydrogen-bond donors (Lipinski definition) is 0. The molecule has 0 bridgehead atoms. The highest BCUT2D eigenvalue weighted by atomic mass is 28.4. The van der Waals surface area contributed by atoms with Crippen molar-refractivity contribution in [3.05, 3.63) is 0 Å². The summed E-state index contributed by atoms with van der Waals surface area (Å²) in [5.74, 6) is 0. The third-order valence-corrected chi connectivity index (χ3v) is 9.68. The summed E-state index contributed by atoms with van der Waals surface area (Å²) in [5, 5.41) is 0. The molecule has 0 saturated carbocycles. The first-order chi connectivity index (χ1) is 9.32. The fourth-order valence-corrected chi connectivity index (χ4v) is 8.10. The molecule has 0 aliphatic carbocycles. The molecule has 20 heavy (non-hydrogen) atoms. The lowest BCUT2D eigenvalue weighted by molar-refractivity contribution is 0.187. The summed E-state index contributed by atoms with van der Waals surface area (Å²) in [4.78, 5) is 0. The van der Waals surface area contributed by atoms with Gasteiger partial charge in [-0.1, -0.05) is 19.6 Å². The Labute approximate surface area is 128 Å². The lowest BCUT2D eigenvalue weighted by atomic mass is 10.1. The van der Waals surface area contributed by atoms with Crippen molar-refractivity contribution in [1.82, 2.24) is 4.57 Å². The van der Waals surface area contributed by atoms with E-state index in [2.05, 4.69) is 44.6 Å². The molecule has 1 aliphatic heterocycles. The van der Waals surface area contributed by atoms with Crippen molar-refractivity contribution < 1.29 is 8.85 Å². The van der Waals surface area contributed by atoms with Gasteiger partial charge in [0.25, 0.3) is 0 Å². The second-order valence-electron chi connectivity index (χ2n) is 7.05. The zero-order valence-electron chi connectivity index (χ0n) is 14.5. The van der Waals surface area contributed by atoms with E-state index in [0.717, 1.165) is 25.3 Å². The Morgan fingerprint density at radius 1 is 1.05 bits per heavy atom. The van der Waals surface area contributed by atoms with Crippen LogP contribution in [0, 0.1) is 0 Å². The fourth-order valence-electron chi connectivity index (χ4n) is 3.47. The average Bonchev–Trinajstić information content (AvgIpc) is 2.77.